The van der Waals surface area contributed by atoms with Gasteiger partial charge < -0.3 is 5.73 Å². The smallest absolute Gasteiger partial charge is 0.320 e. The molecule has 0 aromatic heterocycles. The Bertz CT molecular complexity index is 620. The fourth-order valence-electron chi connectivity index (χ4n) is 2.14. The first-order chi connectivity index (χ1) is 9.30. The van der Waals surface area contributed by atoms with Gasteiger partial charge in [0.2, 0.25) is 0 Å². The maximum absolute atomic E-state index is 13.3. The quantitative estimate of drug-likeness (QED) is 0.821. The summed E-state index contributed by atoms with van der Waals surface area (Å²) in [5.74, 6) is -0.523. The third-order valence-corrected chi connectivity index (χ3v) is 3.18. The van der Waals surface area contributed by atoms with Crippen molar-refractivity contribution in [3.8, 4) is 0 Å². The van der Waals surface area contributed by atoms with E-state index in [9.17, 15) is 17.6 Å². The maximum atomic E-state index is 13.3. The first-order valence-electron chi connectivity index (χ1n) is 5.98. The van der Waals surface area contributed by atoms with Gasteiger partial charge in [-0.3, -0.25) is 0 Å². The first-order valence-corrected chi connectivity index (χ1v) is 5.98. The molecule has 0 saturated carbocycles. The molecule has 0 radical (unpaired) electrons. The summed E-state index contributed by atoms with van der Waals surface area (Å²) in [7, 11) is 0. The van der Waals surface area contributed by atoms with Crippen molar-refractivity contribution in [1.82, 2.24) is 0 Å². The van der Waals surface area contributed by atoms with Gasteiger partial charge in [-0.15, -0.1) is 0 Å². The van der Waals surface area contributed by atoms with E-state index in [0.717, 1.165) is 6.07 Å². The minimum absolute atomic E-state index is 0.0614. The summed E-state index contributed by atoms with van der Waals surface area (Å²) in [6.45, 7) is 1.69. The number of hydrogen-bond donors (Lipinski definition) is 1. The average Bonchev–Trinajstić information content (AvgIpc) is 2.40. The van der Waals surface area contributed by atoms with Crippen molar-refractivity contribution >= 4 is 0 Å². The van der Waals surface area contributed by atoms with Gasteiger partial charge in [0.05, 0.1) is 11.6 Å². The van der Waals surface area contributed by atoms with Gasteiger partial charge in [0.1, 0.15) is 5.82 Å². The van der Waals surface area contributed by atoms with Gasteiger partial charge >= 0.3 is 6.18 Å². The SMILES string of the molecule is Cc1ccc(F)cc1C(N)c1ccccc1C(F)(F)F. The van der Waals surface area contributed by atoms with Crippen LogP contribution in [0.1, 0.15) is 28.3 Å². The van der Waals surface area contributed by atoms with Crippen LogP contribution in [-0.2, 0) is 6.18 Å². The van der Waals surface area contributed by atoms with Crippen LogP contribution >= 0.6 is 0 Å². The predicted molar refractivity (Wildman–Crippen MR) is 68.6 cm³/mol. The molecule has 1 nitrogen and oxygen atoms in total. The number of hydrogen-bond acceptors (Lipinski definition) is 1. The molecule has 0 amide bonds. The molecule has 0 heterocycles. The van der Waals surface area contributed by atoms with E-state index in [1.165, 1.54) is 36.4 Å². The van der Waals surface area contributed by atoms with Crippen LogP contribution in [0.15, 0.2) is 42.5 Å². The van der Waals surface area contributed by atoms with Crippen LogP contribution in [0.25, 0.3) is 0 Å². The topological polar surface area (TPSA) is 26.0 Å². The summed E-state index contributed by atoms with van der Waals surface area (Å²) in [6.07, 6.45) is -4.49. The van der Waals surface area contributed by atoms with Crippen molar-refractivity contribution < 1.29 is 17.6 Å². The Morgan fingerprint density at radius 1 is 1.00 bits per heavy atom. The Kier molecular flexibility index (Phi) is 3.81. The van der Waals surface area contributed by atoms with E-state index in [2.05, 4.69) is 0 Å². The van der Waals surface area contributed by atoms with Crippen LogP contribution in [0.2, 0.25) is 0 Å². The summed E-state index contributed by atoms with van der Waals surface area (Å²) in [6, 6.07) is 7.98. The van der Waals surface area contributed by atoms with Crippen LogP contribution in [0, 0.1) is 12.7 Å². The number of rotatable bonds is 2. The van der Waals surface area contributed by atoms with Gasteiger partial charge in [-0.25, -0.2) is 4.39 Å². The van der Waals surface area contributed by atoms with Gasteiger partial charge in [-0.2, -0.15) is 13.2 Å². The number of nitrogens with two attached hydrogens (primary N) is 1. The van der Waals surface area contributed by atoms with E-state index in [-0.39, 0.29) is 5.56 Å². The molecule has 0 aliphatic rings. The molecule has 5 heteroatoms. The molecule has 0 bridgehead atoms. The Morgan fingerprint density at radius 3 is 2.30 bits per heavy atom. The number of halogens is 4. The normalized spacial score (nSPS) is 13.3. The molecule has 2 aromatic rings. The monoisotopic (exact) mass is 283 g/mol. The second-order valence-electron chi connectivity index (χ2n) is 4.56. The van der Waals surface area contributed by atoms with Crippen LogP contribution in [0.3, 0.4) is 0 Å². The van der Waals surface area contributed by atoms with E-state index >= 15 is 0 Å². The van der Waals surface area contributed by atoms with E-state index in [1.807, 2.05) is 0 Å². The van der Waals surface area contributed by atoms with Crippen molar-refractivity contribution in [2.45, 2.75) is 19.1 Å². The second-order valence-corrected chi connectivity index (χ2v) is 4.56. The van der Waals surface area contributed by atoms with Crippen LogP contribution in [0.5, 0.6) is 0 Å². The van der Waals surface area contributed by atoms with E-state index in [1.54, 1.807) is 6.92 Å². The van der Waals surface area contributed by atoms with E-state index in [4.69, 9.17) is 5.73 Å². The molecular formula is C15H13F4N. The standard InChI is InChI=1S/C15H13F4N/c1-9-6-7-10(16)8-12(9)14(20)11-4-2-3-5-13(11)15(17,18)19/h2-8,14H,20H2,1H3. The van der Waals surface area contributed by atoms with Gasteiger partial charge in [0, 0.05) is 0 Å². The Morgan fingerprint density at radius 2 is 1.65 bits per heavy atom. The summed E-state index contributed by atoms with van der Waals surface area (Å²) < 4.78 is 52.2. The fraction of sp³-hybridized carbons (Fsp3) is 0.200. The fourth-order valence-corrected chi connectivity index (χ4v) is 2.14. The Hall–Kier alpha value is -1.88. The summed E-state index contributed by atoms with van der Waals surface area (Å²) in [5.41, 5.74) is 6.06. The van der Waals surface area contributed by atoms with Crippen molar-refractivity contribution in [3.05, 3.63) is 70.5 Å². The third kappa shape index (κ3) is 2.82. The van der Waals surface area contributed by atoms with Crippen LogP contribution in [-0.4, -0.2) is 0 Å². The van der Waals surface area contributed by atoms with Crippen molar-refractivity contribution in [2.24, 2.45) is 5.73 Å². The minimum atomic E-state index is -4.49. The zero-order valence-electron chi connectivity index (χ0n) is 10.7. The molecule has 2 aromatic carbocycles. The first kappa shape index (κ1) is 14.5. The summed E-state index contributed by atoms with van der Waals surface area (Å²) in [4.78, 5) is 0. The van der Waals surface area contributed by atoms with E-state index < -0.39 is 23.6 Å². The lowest BCUT2D eigenvalue weighted by molar-refractivity contribution is -0.138. The molecule has 1 unspecified atom stereocenters. The number of benzene rings is 2. The molecule has 106 valence electrons. The Labute approximate surface area is 114 Å². The highest BCUT2D eigenvalue weighted by molar-refractivity contribution is 5.41. The Balaban J connectivity index is 2.54. The van der Waals surface area contributed by atoms with Crippen LogP contribution in [0.4, 0.5) is 17.6 Å². The van der Waals surface area contributed by atoms with Crippen LogP contribution < -0.4 is 5.73 Å². The van der Waals surface area contributed by atoms with Gasteiger partial charge in [-0.05, 0) is 41.8 Å². The lowest BCUT2D eigenvalue weighted by Gasteiger charge is -2.20. The molecule has 2 rings (SSSR count). The highest BCUT2D eigenvalue weighted by Crippen LogP contribution is 2.36. The molecule has 0 spiro atoms. The molecule has 0 aliphatic heterocycles. The molecule has 2 N–H and O–H groups in total. The lowest BCUT2D eigenvalue weighted by atomic mass is 9.92. The molecule has 20 heavy (non-hydrogen) atoms. The van der Waals surface area contributed by atoms with Gasteiger partial charge in [0.25, 0.3) is 0 Å². The lowest BCUT2D eigenvalue weighted by Crippen LogP contribution is -2.19. The number of aryl methyl sites for hydroxylation is 1. The van der Waals surface area contributed by atoms with Crippen molar-refractivity contribution in [3.63, 3.8) is 0 Å². The zero-order valence-corrected chi connectivity index (χ0v) is 10.7. The van der Waals surface area contributed by atoms with Gasteiger partial charge in [-0.1, -0.05) is 24.3 Å². The third-order valence-electron chi connectivity index (χ3n) is 3.18. The molecule has 0 aliphatic carbocycles. The highest BCUT2D eigenvalue weighted by atomic mass is 19.4. The summed E-state index contributed by atoms with van der Waals surface area (Å²) in [5, 5.41) is 0. The largest absolute Gasteiger partial charge is 0.416 e. The van der Waals surface area contributed by atoms with Gasteiger partial charge in [0.15, 0.2) is 0 Å². The highest BCUT2D eigenvalue weighted by Gasteiger charge is 2.34. The number of alkyl halides is 3. The second kappa shape index (κ2) is 5.25. The van der Waals surface area contributed by atoms with Crippen molar-refractivity contribution in [1.29, 1.82) is 0 Å². The predicted octanol–water partition coefficient (Wildman–Crippen LogP) is 4.20. The minimum Gasteiger partial charge on any atom is -0.320 e. The zero-order chi connectivity index (χ0) is 14.9. The molecular weight excluding hydrogens is 270 g/mol. The van der Waals surface area contributed by atoms with E-state index in [0.29, 0.717) is 11.1 Å². The molecule has 0 saturated heterocycles. The van der Waals surface area contributed by atoms with Crippen molar-refractivity contribution in [2.75, 3.05) is 0 Å². The maximum Gasteiger partial charge on any atom is 0.416 e. The summed E-state index contributed by atoms with van der Waals surface area (Å²) >= 11 is 0. The average molecular weight is 283 g/mol. The molecule has 1 atom stereocenters. The molecule has 0 fully saturated rings.